The van der Waals surface area contributed by atoms with Crippen LogP contribution in [0.5, 0.6) is 0 Å². The van der Waals surface area contributed by atoms with Crippen LogP contribution >= 0.6 is 0 Å². The minimum Gasteiger partial charge on any atom is -0.414 e. The van der Waals surface area contributed by atoms with Gasteiger partial charge >= 0.3 is 17.1 Å². The van der Waals surface area contributed by atoms with E-state index in [-0.39, 0.29) is 83.6 Å². The minimum atomic E-state index is -3.38. The van der Waals surface area contributed by atoms with Crippen molar-refractivity contribution >= 4 is 33.3 Å². The van der Waals surface area contributed by atoms with E-state index in [9.17, 15) is 8.23 Å². The average molecular weight is 974 g/mol. The number of hydrogen-bond acceptors (Lipinski definition) is 2. The lowest BCUT2D eigenvalue weighted by Crippen LogP contribution is -3.15. The SMILES string of the molecule is CC(C)(C)C1=C(C(C)(C)C)[Si]23C(C(C)(C)C)=C(C(C)(C)C)[C@]2(C(C)(C)C)[Si]2(O[Si]4(O2)[C@]2(C(C)(C)C)C(C(C)(C)C)=C(C(C)(C)C)[Si]25C(C(C)(C)C)=C(C(C)(C)C)[C@@]45C(C)(C)C)[C@@]13C(C)(C)C. The highest BCUT2D eigenvalue weighted by Gasteiger charge is 3.17. The van der Waals surface area contributed by atoms with Crippen molar-refractivity contribution in [1.29, 1.82) is 0 Å². The van der Waals surface area contributed by atoms with Gasteiger partial charge in [-0.05, 0) is 65.0 Å². The Labute approximate surface area is 415 Å². The molecule has 0 aromatic heterocycles. The second-order valence-corrected chi connectivity index (χ2v) is 53.0. The lowest BCUT2D eigenvalue weighted by atomic mass is 9.68. The summed E-state index contributed by atoms with van der Waals surface area (Å²) in [5, 5.41) is 7.48. The maximum absolute atomic E-state index is 9.76. The molecule has 3 fully saturated rings. The van der Waals surface area contributed by atoms with Crippen molar-refractivity contribution in [2.24, 2.45) is 65.0 Å². The topological polar surface area (TPSA) is 18.5 Å². The van der Waals surface area contributed by atoms with Crippen LogP contribution in [0, 0.1) is 65.0 Å². The van der Waals surface area contributed by atoms with Crippen LogP contribution < -0.4 is 0 Å². The van der Waals surface area contributed by atoms with Gasteiger partial charge in [0.2, 0.25) is 0 Å². The zero-order valence-corrected chi connectivity index (χ0v) is 54.8. The smallest absolute Gasteiger partial charge is 0.338 e. The molecule has 4 spiro atoms. The second kappa shape index (κ2) is 12.4. The number of fused-ring (bicyclic) bond motifs is 4. The van der Waals surface area contributed by atoms with E-state index < -0.39 is 33.3 Å². The molecule has 7 rings (SSSR count). The third-order valence-electron chi connectivity index (χ3n) is 19.3. The molecular formula is C60H108O2Si4. The molecule has 0 amide bonds. The summed E-state index contributed by atoms with van der Waals surface area (Å²) in [6.07, 6.45) is 0. The molecule has 0 bridgehead atoms. The van der Waals surface area contributed by atoms with Gasteiger partial charge < -0.3 is 8.23 Å². The molecule has 7 aliphatic rings. The van der Waals surface area contributed by atoms with E-state index in [4.69, 9.17) is 0 Å². The lowest BCUT2D eigenvalue weighted by molar-refractivity contribution is 0.00834. The quantitative estimate of drug-likeness (QED) is 0.225. The van der Waals surface area contributed by atoms with Crippen LogP contribution in [-0.2, 0) is 8.23 Å². The van der Waals surface area contributed by atoms with Gasteiger partial charge in [-0.1, -0.05) is 292 Å². The Hall–Kier alpha value is -0.252. The van der Waals surface area contributed by atoms with Crippen LogP contribution in [0.25, 0.3) is 0 Å². The van der Waals surface area contributed by atoms with Crippen molar-refractivity contribution < 1.29 is 8.23 Å². The molecule has 2 nitrogen and oxygen atoms in total. The van der Waals surface area contributed by atoms with Crippen LogP contribution in [-0.4, -0.2) is 33.3 Å². The fraction of sp³-hybridized carbons (Fsp3) is 0.867. The second-order valence-electron chi connectivity index (χ2n) is 35.9. The molecule has 7 aliphatic heterocycles. The first-order valence-electron chi connectivity index (χ1n) is 26.8. The zero-order chi connectivity index (χ0) is 52.0. The number of rotatable bonds is 0. The highest BCUT2D eigenvalue weighted by atomic mass is 28.6. The van der Waals surface area contributed by atoms with Gasteiger partial charge in [-0.25, -0.2) is 0 Å². The van der Waals surface area contributed by atoms with E-state index in [1.807, 2.05) is 20.8 Å². The van der Waals surface area contributed by atoms with Gasteiger partial charge in [0.1, 0.15) is 16.1 Å². The van der Waals surface area contributed by atoms with E-state index in [0.29, 0.717) is 0 Å². The van der Waals surface area contributed by atoms with Gasteiger partial charge in [0.05, 0.1) is 0 Å². The van der Waals surface area contributed by atoms with E-state index >= 15 is 0 Å². The number of allylic oxidation sites excluding steroid dienone is 8. The Balaban J connectivity index is 1.84. The summed E-state index contributed by atoms with van der Waals surface area (Å²) in [6, 6.07) is 0. The summed E-state index contributed by atoms with van der Waals surface area (Å²) in [5.74, 6) is 0. The fourth-order valence-electron chi connectivity index (χ4n) is 20.6. The Bertz CT molecular complexity index is 2000. The molecular weight excluding hydrogens is 865 g/mol. The van der Waals surface area contributed by atoms with Crippen LogP contribution in [0.15, 0.2) is 43.1 Å². The van der Waals surface area contributed by atoms with Gasteiger partial charge in [-0.15, -0.1) is 0 Å². The maximum Gasteiger partial charge on any atom is 0.338 e. The molecule has 376 valence electrons. The van der Waals surface area contributed by atoms with Gasteiger partial charge in [0, 0.05) is 18.6 Å². The van der Waals surface area contributed by atoms with Gasteiger partial charge in [-0.3, -0.25) is 0 Å². The predicted molar refractivity (Wildman–Crippen MR) is 298 cm³/mol. The highest BCUT2D eigenvalue weighted by Crippen LogP contribution is 3.11. The molecule has 0 saturated carbocycles. The van der Waals surface area contributed by atoms with E-state index in [1.165, 1.54) is 0 Å². The molecule has 0 radical (unpaired) electrons. The van der Waals surface area contributed by atoms with Crippen LogP contribution in [0.4, 0.5) is 0 Å². The Morgan fingerprint density at radius 3 is 0.455 bits per heavy atom. The Morgan fingerprint density at radius 1 is 0.227 bits per heavy atom. The standard InChI is InChI=1S/C60H108O2Si4/c1-45(2,3)37-41(49(13,14)15)63-42(50(16,17)18)38(46(4,5)6)58(63,54(28,29)30)65(57(37,63)53(25,26)27)61-66(62-65)59(55(31,32)33)39(47(7,8)9)43(51(19,20)21)64(59)44(52(22,23)24)40(48(10,11)12)60(64,66)56(34,35)36/h1-36H3/t57-,58-,59+,60+,63?,64?. The molecule has 0 aliphatic carbocycles. The van der Waals surface area contributed by atoms with Crippen molar-refractivity contribution in [2.75, 3.05) is 0 Å². The summed E-state index contributed by atoms with van der Waals surface area (Å²) >= 11 is 0. The maximum atomic E-state index is 9.76. The first-order chi connectivity index (χ1) is 28.4. The van der Waals surface area contributed by atoms with Crippen molar-refractivity contribution in [1.82, 2.24) is 0 Å². The summed E-state index contributed by atoms with van der Waals surface area (Å²) in [4.78, 5) is 0. The first-order valence-corrected chi connectivity index (χ1v) is 34.4. The lowest BCUT2D eigenvalue weighted by Gasteiger charge is -3.05. The molecule has 0 unspecified atom stereocenters. The summed E-state index contributed by atoms with van der Waals surface area (Å²) < 4.78 is 19.0. The molecule has 6 heteroatoms. The number of hydrogen-bond donors (Lipinski definition) is 0. The van der Waals surface area contributed by atoms with E-state index in [1.54, 1.807) is 22.3 Å². The van der Waals surface area contributed by atoms with Crippen molar-refractivity contribution in [2.45, 2.75) is 268 Å². The van der Waals surface area contributed by atoms with Crippen molar-refractivity contribution in [3.63, 3.8) is 0 Å². The predicted octanol–water partition coefficient (Wildman–Crippen LogP) is 18.9. The Morgan fingerprint density at radius 2 is 0.364 bits per heavy atom. The average Bonchev–Trinajstić information content (AvgIpc) is 2.85. The van der Waals surface area contributed by atoms with Gasteiger partial charge in [-0.2, -0.15) is 0 Å². The van der Waals surface area contributed by atoms with E-state index in [0.717, 1.165) is 0 Å². The highest BCUT2D eigenvalue weighted by molar-refractivity contribution is 7.39. The molecule has 4 atom stereocenters. The van der Waals surface area contributed by atoms with Gasteiger partial charge in [0.15, 0.2) is 0 Å². The van der Waals surface area contributed by atoms with Crippen molar-refractivity contribution in [3.8, 4) is 0 Å². The monoisotopic (exact) mass is 973 g/mol. The summed E-state index contributed by atoms with van der Waals surface area (Å²) in [6.45, 7) is 94.1. The Kier molecular flexibility index (Phi) is 10.0. The molecule has 7 heterocycles. The molecule has 0 aromatic rings. The first kappa shape index (κ1) is 53.5. The normalized spacial score (nSPS) is 38.7. The van der Waals surface area contributed by atoms with Crippen molar-refractivity contribution in [3.05, 3.63) is 43.1 Å². The third kappa shape index (κ3) is 4.67. The summed E-state index contributed by atoms with van der Waals surface area (Å²) in [7, 11) is -12.2. The molecule has 3 saturated heterocycles. The molecule has 66 heavy (non-hydrogen) atoms. The molecule has 0 aromatic carbocycles. The third-order valence-corrected chi connectivity index (χ3v) is 55.8. The molecule has 0 N–H and O–H groups in total. The van der Waals surface area contributed by atoms with Crippen LogP contribution in [0.1, 0.15) is 249 Å². The van der Waals surface area contributed by atoms with E-state index in [2.05, 4.69) is 249 Å². The zero-order valence-electron chi connectivity index (χ0n) is 50.8. The largest absolute Gasteiger partial charge is 0.414 e. The van der Waals surface area contributed by atoms with Gasteiger partial charge in [0.25, 0.3) is 0 Å². The van der Waals surface area contributed by atoms with Crippen LogP contribution in [0.3, 0.4) is 0 Å². The fourth-order valence-corrected chi connectivity index (χ4v) is 75.2. The minimum absolute atomic E-state index is 0.0160. The van der Waals surface area contributed by atoms with Crippen LogP contribution in [0.2, 0.25) is 18.6 Å². The summed E-state index contributed by atoms with van der Waals surface area (Å²) in [5.41, 5.74) is 6.62.